The first kappa shape index (κ1) is 10.5. The molecule has 0 amide bonds. The molecule has 0 aromatic rings. The molecular formula is C11H17FN2O. The first-order valence-electron chi connectivity index (χ1n) is 5.38. The predicted molar refractivity (Wildman–Crippen MR) is 57.1 cm³/mol. The minimum atomic E-state index is -0.901. The van der Waals surface area contributed by atoms with Crippen LogP contribution in [0.4, 0.5) is 4.39 Å². The lowest BCUT2D eigenvalue weighted by molar-refractivity contribution is 0.0257. The monoisotopic (exact) mass is 212 g/mol. The maximum absolute atomic E-state index is 13.5. The van der Waals surface area contributed by atoms with E-state index >= 15 is 0 Å². The number of piperidine rings is 1. The van der Waals surface area contributed by atoms with Gasteiger partial charge in [-0.1, -0.05) is 0 Å². The second kappa shape index (κ2) is 4.66. The van der Waals surface area contributed by atoms with Crippen molar-refractivity contribution in [2.24, 2.45) is 0 Å². The summed E-state index contributed by atoms with van der Waals surface area (Å²) in [7, 11) is 0. The van der Waals surface area contributed by atoms with Crippen molar-refractivity contribution in [2.45, 2.75) is 25.6 Å². The Morgan fingerprint density at radius 2 is 2.40 bits per heavy atom. The van der Waals surface area contributed by atoms with Gasteiger partial charge < -0.3 is 15.4 Å². The van der Waals surface area contributed by atoms with Crippen LogP contribution in [0.15, 0.2) is 23.6 Å². The van der Waals surface area contributed by atoms with Crippen molar-refractivity contribution in [1.29, 1.82) is 0 Å². The number of hydrogen-bond acceptors (Lipinski definition) is 3. The first-order chi connectivity index (χ1) is 7.27. The van der Waals surface area contributed by atoms with Crippen molar-refractivity contribution in [1.82, 2.24) is 10.6 Å². The van der Waals surface area contributed by atoms with E-state index in [9.17, 15) is 4.39 Å². The summed E-state index contributed by atoms with van der Waals surface area (Å²) in [5, 5.41) is 6.10. The molecular weight excluding hydrogens is 195 g/mol. The molecule has 4 heteroatoms. The van der Waals surface area contributed by atoms with Gasteiger partial charge in [0.25, 0.3) is 0 Å². The third-order valence-electron chi connectivity index (χ3n) is 2.77. The highest BCUT2D eigenvalue weighted by Gasteiger charge is 2.27. The van der Waals surface area contributed by atoms with Gasteiger partial charge in [-0.05, 0) is 31.5 Å². The van der Waals surface area contributed by atoms with Crippen LogP contribution in [-0.4, -0.2) is 31.9 Å². The molecule has 0 aromatic heterocycles. The molecule has 0 saturated carbocycles. The van der Waals surface area contributed by atoms with E-state index in [1.54, 1.807) is 0 Å². The van der Waals surface area contributed by atoms with E-state index in [1.165, 1.54) is 0 Å². The lowest BCUT2D eigenvalue weighted by atomic mass is 10.1. The van der Waals surface area contributed by atoms with Crippen molar-refractivity contribution in [2.75, 3.05) is 19.6 Å². The highest BCUT2D eigenvalue weighted by Crippen LogP contribution is 2.19. The van der Waals surface area contributed by atoms with Crippen LogP contribution in [0, 0.1) is 0 Å². The fraction of sp³-hybridized carbons (Fsp3) is 0.636. The minimum Gasteiger partial charge on any atom is -0.487 e. The number of allylic oxidation sites excluding steroid dienone is 1. The van der Waals surface area contributed by atoms with E-state index in [0.717, 1.165) is 30.8 Å². The van der Waals surface area contributed by atoms with Gasteiger partial charge in [-0.25, -0.2) is 4.39 Å². The largest absolute Gasteiger partial charge is 0.487 e. The van der Waals surface area contributed by atoms with Gasteiger partial charge in [0, 0.05) is 19.3 Å². The summed E-state index contributed by atoms with van der Waals surface area (Å²) in [6.07, 6.45) is 3.25. The van der Waals surface area contributed by atoms with Crippen LogP contribution in [0.2, 0.25) is 0 Å². The van der Waals surface area contributed by atoms with Gasteiger partial charge in [-0.2, -0.15) is 0 Å². The molecule has 2 N–H and O–H groups in total. The van der Waals surface area contributed by atoms with Crippen molar-refractivity contribution in [3.8, 4) is 0 Å². The fourth-order valence-corrected chi connectivity index (χ4v) is 1.81. The van der Waals surface area contributed by atoms with Gasteiger partial charge in [0.15, 0.2) is 0 Å². The highest BCUT2D eigenvalue weighted by molar-refractivity contribution is 5.23. The zero-order valence-corrected chi connectivity index (χ0v) is 8.92. The van der Waals surface area contributed by atoms with Gasteiger partial charge in [0.2, 0.25) is 0 Å². The minimum absolute atomic E-state index is 0.293. The number of dihydropyridines is 1. The maximum Gasteiger partial charge on any atom is 0.149 e. The Labute approximate surface area is 89.4 Å². The summed E-state index contributed by atoms with van der Waals surface area (Å²) in [5.41, 5.74) is 1.13. The molecule has 0 radical (unpaired) electrons. The molecule has 1 fully saturated rings. The van der Waals surface area contributed by atoms with Gasteiger partial charge >= 0.3 is 0 Å². The van der Waals surface area contributed by atoms with Gasteiger partial charge in [-0.15, -0.1) is 0 Å². The SMILES string of the molecule is CC1=C(O[C@@H]2CCNC[C@@H]2F)C=CNC1. The molecule has 84 valence electrons. The molecule has 15 heavy (non-hydrogen) atoms. The zero-order valence-electron chi connectivity index (χ0n) is 8.92. The summed E-state index contributed by atoms with van der Waals surface area (Å²) in [4.78, 5) is 0. The van der Waals surface area contributed by atoms with E-state index in [4.69, 9.17) is 4.74 Å². The van der Waals surface area contributed by atoms with E-state index < -0.39 is 6.17 Å². The number of halogens is 1. The van der Waals surface area contributed by atoms with Crippen LogP contribution in [0.25, 0.3) is 0 Å². The summed E-state index contributed by atoms with van der Waals surface area (Å²) in [6.45, 7) is 4.02. The van der Waals surface area contributed by atoms with Crippen molar-refractivity contribution in [3.05, 3.63) is 23.6 Å². The molecule has 2 aliphatic rings. The number of rotatable bonds is 2. The van der Waals surface area contributed by atoms with Crippen LogP contribution < -0.4 is 10.6 Å². The molecule has 0 unspecified atom stereocenters. The topological polar surface area (TPSA) is 33.3 Å². The number of nitrogens with one attached hydrogen (secondary N) is 2. The van der Waals surface area contributed by atoms with Crippen LogP contribution in [0.5, 0.6) is 0 Å². The van der Waals surface area contributed by atoms with Crippen LogP contribution in [-0.2, 0) is 4.74 Å². The van der Waals surface area contributed by atoms with Crippen molar-refractivity contribution < 1.29 is 9.13 Å². The summed E-state index contributed by atoms with van der Waals surface area (Å²) >= 11 is 0. The Bertz CT molecular complexity index is 288. The van der Waals surface area contributed by atoms with Crippen LogP contribution >= 0.6 is 0 Å². The number of ether oxygens (including phenoxy) is 1. The number of hydrogen-bond donors (Lipinski definition) is 2. The Hall–Kier alpha value is -1.03. The maximum atomic E-state index is 13.5. The van der Waals surface area contributed by atoms with Gasteiger partial charge in [-0.3, -0.25) is 0 Å². The average Bonchev–Trinajstić information content (AvgIpc) is 2.24. The van der Waals surface area contributed by atoms with E-state index in [2.05, 4.69) is 10.6 Å². The molecule has 0 aromatic carbocycles. The fourth-order valence-electron chi connectivity index (χ4n) is 1.81. The van der Waals surface area contributed by atoms with Crippen LogP contribution in [0.3, 0.4) is 0 Å². The smallest absolute Gasteiger partial charge is 0.149 e. The predicted octanol–water partition coefficient (Wildman–Crippen LogP) is 1.09. The van der Waals surface area contributed by atoms with Crippen LogP contribution in [0.1, 0.15) is 13.3 Å². The molecule has 0 aliphatic carbocycles. The van der Waals surface area contributed by atoms with E-state index in [0.29, 0.717) is 6.54 Å². The van der Waals surface area contributed by atoms with Gasteiger partial charge in [0.05, 0.1) is 0 Å². The normalized spacial score (nSPS) is 31.3. The average molecular weight is 212 g/mol. The summed E-state index contributed by atoms with van der Waals surface area (Å²) in [6, 6.07) is 0. The molecule has 2 atom stereocenters. The second-order valence-corrected chi connectivity index (χ2v) is 4.02. The van der Waals surface area contributed by atoms with E-state index in [1.807, 2.05) is 19.2 Å². The second-order valence-electron chi connectivity index (χ2n) is 4.02. The zero-order chi connectivity index (χ0) is 10.7. The first-order valence-corrected chi connectivity index (χ1v) is 5.38. The summed E-state index contributed by atoms with van der Waals surface area (Å²) in [5.74, 6) is 0.823. The van der Waals surface area contributed by atoms with Crippen molar-refractivity contribution in [3.63, 3.8) is 0 Å². The van der Waals surface area contributed by atoms with Gasteiger partial charge in [0.1, 0.15) is 18.0 Å². The summed E-state index contributed by atoms with van der Waals surface area (Å²) < 4.78 is 19.2. The molecule has 2 rings (SSSR count). The lowest BCUT2D eigenvalue weighted by Crippen LogP contribution is -2.42. The third-order valence-corrected chi connectivity index (χ3v) is 2.77. The Kier molecular flexibility index (Phi) is 3.26. The molecule has 0 spiro atoms. The molecule has 1 saturated heterocycles. The van der Waals surface area contributed by atoms with E-state index in [-0.39, 0.29) is 6.10 Å². The molecule has 2 heterocycles. The van der Waals surface area contributed by atoms with Crippen molar-refractivity contribution >= 4 is 0 Å². The Morgan fingerprint density at radius 3 is 3.13 bits per heavy atom. The molecule has 2 aliphatic heterocycles. The third kappa shape index (κ3) is 2.50. The highest BCUT2D eigenvalue weighted by atomic mass is 19.1. The Balaban J connectivity index is 1.98. The quantitative estimate of drug-likeness (QED) is 0.719. The lowest BCUT2D eigenvalue weighted by Gasteiger charge is -2.29. The molecule has 3 nitrogen and oxygen atoms in total. The Morgan fingerprint density at radius 1 is 1.53 bits per heavy atom. The standard InChI is InChI=1S/C11H17FN2O/c1-8-6-13-4-2-10(8)15-11-3-5-14-7-9(11)12/h2,4,9,11,13-14H,3,5-7H2,1H3/t9-,11+/m0/s1. The molecule has 0 bridgehead atoms. The number of alkyl halides is 1.